The molecule has 0 saturated heterocycles. The van der Waals surface area contributed by atoms with Crippen LogP contribution in [0.4, 0.5) is 5.82 Å². The van der Waals surface area contributed by atoms with Gasteiger partial charge in [-0.2, -0.15) is 0 Å². The Bertz CT molecular complexity index is 331. The first-order chi connectivity index (χ1) is 8.11. The van der Waals surface area contributed by atoms with E-state index in [0.717, 1.165) is 18.8 Å². The molecule has 1 rings (SSSR count). The van der Waals surface area contributed by atoms with Gasteiger partial charge >= 0.3 is 0 Å². The van der Waals surface area contributed by atoms with Crippen molar-refractivity contribution in [3.63, 3.8) is 0 Å². The summed E-state index contributed by atoms with van der Waals surface area (Å²) in [7, 11) is 0. The average Bonchev–Trinajstić information content (AvgIpc) is 2.26. The minimum absolute atomic E-state index is 0.103. The molecule has 0 fully saturated rings. The van der Waals surface area contributed by atoms with Gasteiger partial charge in [-0.1, -0.05) is 6.92 Å². The van der Waals surface area contributed by atoms with Crippen molar-refractivity contribution >= 4 is 5.82 Å². The number of aromatic nitrogens is 2. The second-order valence-electron chi connectivity index (χ2n) is 4.41. The van der Waals surface area contributed by atoms with Crippen molar-refractivity contribution < 1.29 is 9.84 Å². The molecule has 1 atom stereocenters. The Labute approximate surface area is 102 Å². The largest absolute Gasteiger partial charge is 0.475 e. The molecule has 0 bridgehead atoms. The minimum Gasteiger partial charge on any atom is -0.475 e. The number of aliphatic hydroxyl groups excluding tert-OH is 1. The van der Waals surface area contributed by atoms with Gasteiger partial charge in [0, 0.05) is 19.2 Å². The molecular formula is C12H21N3O2. The summed E-state index contributed by atoms with van der Waals surface area (Å²) >= 11 is 0. The van der Waals surface area contributed by atoms with Crippen LogP contribution in [0.3, 0.4) is 0 Å². The van der Waals surface area contributed by atoms with Crippen molar-refractivity contribution in [1.29, 1.82) is 0 Å². The minimum atomic E-state index is 0.103. The fraction of sp³-hybridized carbons (Fsp3) is 0.667. The first-order valence-electron chi connectivity index (χ1n) is 5.95. The van der Waals surface area contributed by atoms with Gasteiger partial charge in [0.05, 0.1) is 6.10 Å². The van der Waals surface area contributed by atoms with Crippen molar-refractivity contribution in [2.45, 2.75) is 33.3 Å². The lowest BCUT2D eigenvalue weighted by Crippen LogP contribution is -2.14. The Kier molecular flexibility index (Phi) is 5.69. The molecule has 0 spiro atoms. The molecule has 96 valence electrons. The lowest BCUT2D eigenvalue weighted by Gasteiger charge is -2.13. The number of aliphatic hydroxyl groups is 1. The smallest absolute Gasteiger partial charge is 0.218 e. The number of ether oxygens (including phenoxy) is 1. The predicted molar refractivity (Wildman–Crippen MR) is 67.2 cm³/mol. The van der Waals surface area contributed by atoms with E-state index in [-0.39, 0.29) is 12.7 Å². The van der Waals surface area contributed by atoms with Crippen LogP contribution in [0.1, 0.15) is 27.2 Å². The Morgan fingerprint density at radius 2 is 2.12 bits per heavy atom. The van der Waals surface area contributed by atoms with E-state index in [9.17, 15) is 0 Å². The number of hydrogen-bond acceptors (Lipinski definition) is 5. The number of nitrogens with one attached hydrogen (secondary N) is 1. The molecule has 0 amide bonds. The molecule has 0 aliphatic heterocycles. The highest BCUT2D eigenvalue weighted by Crippen LogP contribution is 2.13. The maximum absolute atomic E-state index is 8.80. The molecule has 1 aromatic heterocycles. The number of nitrogens with zero attached hydrogens (tertiary/aromatic N) is 2. The average molecular weight is 239 g/mol. The van der Waals surface area contributed by atoms with E-state index in [1.54, 1.807) is 6.07 Å². The summed E-state index contributed by atoms with van der Waals surface area (Å²) in [6, 6.07) is 1.78. The van der Waals surface area contributed by atoms with Gasteiger partial charge in [0.1, 0.15) is 12.1 Å². The summed E-state index contributed by atoms with van der Waals surface area (Å²) < 4.78 is 5.48. The van der Waals surface area contributed by atoms with Crippen molar-refractivity contribution in [3.05, 3.63) is 12.4 Å². The zero-order chi connectivity index (χ0) is 12.7. The summed E-state index contributed by atoms with van der Waals surface area (Å²) in [4.78, 5) is 8.14. The van der Waals surface area contributed by atoms with Crippen LogP contribution in [0.25, 0.3) is 0 Å². The fourth-order valence-electron chi connectivity index (χ4n) is 1.34. The van der Waals surface area contributed by atoms with E-state index >= 15 is 0 Å². The van der Waals surface area contributed by atoms with Crippen LogP contribution in [-0.4, -0.2) is 34.3 Å². The van der Waals surface area contributed by atoms with Crippen molar-refractivity contribution in [3.8, 4) is 5.88 Å². The lowest BCUT2D eigenvalue weighted by atomic mass is 10.1. The Morgan fingerprint density at radius 1 is 1.35 bits per heavy atom. The van der Waals surface area contributed by atoms with Gasteiger partial charge in [-0.25, -0.2) is 9.97 Å². The monoisotopic (exact) mass is 239 g/mol. The molecule has 1 heterocycles. The maximum Gasteiger partial charge on any atom is 0.218 e. The molecule has 1 aromatic rings. The number of anilines is 1. The molecule has 1 unspecified atom stereocenters. The molecule has 0 aliphatic rings. The highest BCUT2D eigenvalue weighted by molar-refractivity contribution is 5.37. The molecule has 17 heavy (non-hydrogen) atoms. The van der Waals surface area contributed by atoms with Crippen molar-refractivity contribution in [1.82, 2.24) is 9.97 Å². The van der Waals surface area contributed by atoms with Gasteiger partial charge in [0.25, 0.3) is 0 Å². The molecule has 0 aromatic carbocycles. The molecule has 0 aliphatic carbocycles. The topological polar surface area (TPSA) is 67.3 Å². The SMILES string of the molecule is CC(CCO)CNc1cc(OC(C)C)ncn1. The van der Waals surface area contributed by atoms with Crippen LogP contribution in [0.2, 0.25) is 0 Å². The normalized spacial score (nSPS) is 12.5. The zero-order valence-corrected chi connectivity index (χ0v) is 10.7. The molecule has 5 nitrogen and oxygen atoms in total. The quantitative estimate of drug-likeness (QED) is 0.758. The summed E-state index contributed by atoms with van der Waals surface area (Å²) in [6.07, 6.45) is 2.37. The molecular weight excluding hydrogens is 218 g/mol. The third-order valence-corrected chi connectivity index (χ3v) is 2.25. The van der Waals surface area contributed by atoms with E-state index in [1.807, 2.05) is 13.8 Å². The first kappa shape index (κ1) is 13.7. The van der Waals surface area contributed by atoms with Crippen molar-refractivity contribution in [2.75, 3.05) is 18.5 Å². The van der Waals surface area contributed by atoms with Crippen LogP contribution in [0, 0.1) is 5.92 Å². The fourth-order valence-corrected chi connectivity index (χ4v) is 1.34. The van der Waals surface area contributed by atoms with Gasteiger partial charge in [0.15, 0.2) is 0 Å². The molecule has 2 N–H and O–H groups in total. The molecule has 5 heteroatoms. The van der Waals surface area contributed by atoms with Crippen LogP contribution < -0.4 is 10.1 Å². The van der Waals surface area contributed by atoms with E-state index in [0.29, 0.717) is 11.8 Å². The van der Waals surface area contributed by atoms with Gasteiger partial charge in [0.2, 0.25) is 5.88 Å². The van der Waals surface area contributed by atoms with E-state index in [1.165, 1.54) is 6.33 Å². The summed E-state index contributed by atoms with van der Waals surface area (Å²) in [6.45, 7) is 6.99. The third kappa shape index (κ3) is 5.49. The molecule has 0 radical (unpaired) electrons. The lowest BCUT2D eigenvalue weighted by molar-refractivity contribution is 0.232. The second-order valence-corrected chi connectivity index (χ2v) is 4.41. The van der Waals surface area contributed by atoms with Gasteiger partial charge < -0.3 is 15.2 Å². The van der Waals surface area contributed by atoms with E-state index in [2.05, 4.69) is 22.2 Å². The van der Waals surface area contributed by atoms with Crippen molar-refractivity contribution in [2.24, 2.45) is 5.92 Å². The van der Waals surface area contributed by atoms with Gasteiger partial charge in [-0.15, -0.1) is 0 Å². The van der Waals surface area contributed by atoms with Crippen LogP contribution in [-0.2, 0) is 0 Å². The zero-order valence-electron chi connectivity index (χ0n) is 10.7. The highest BCUT2D eigenvalue weighted by atomic mass is 16.5. The maximum atomic E-state index is 8.80. The van der Waals surface area contributed by atoms with Crippen LogP contribution >= 0.6 is 0 Å². The summed E-state index contributed by atoms with van der Waals surface area (Å²) in [5.74, 6) is 1.73. The predicted octanol–water partition coefficient (Wildman–Crippen LogP) is 1.69. The third-order valence-electron chi connectivity index (χ3n) is 2.25. The standard InChI is InChI=1S/C12H21N3O2/c1-9(2)17-12-6-11(14-8-15-12)13-7-10(3)4-5-16/h6,8-10,16H,4-5,7H2,1-3H3,(H,13,14,15). The Hall–Kier alpha value is -1.36. The van der Waals surface area contributed by atoms with Gasteiger partial charge in [-0.05, 0) is 26.2 Å². The second kappa shape index (κ2) is 7.06. The summed E-state index contributed by atoms with van der Waals surface area (Å²) in [5.41, 5.74) is 0. The molecule has 0 saturated carbocycles. The van der Waals surface area contributed by atoms with E-state index < -0.39 is 0 Å². The van der Waals surface area contributed by atoms with Crippen LogP contribution in [0.5, 0.6) is 5.88 Å². The van der Waals surface area contributed by atoms with E-state index in [4.69, 9.17) is 9.84 Å². The Balaban J connectivity index is 2.48. The van der Waals surface area contributed by atoms with Crippen LogP contribution in [0.15, 0.2) is 12.4 Å². The van der Waals surface area contributed by atoms with Gasteiger partial charge in [-0.3, -0.25) is 0 Å². The first-order valence-corrected chi connectivity index (χ1v) is 5.95. The number of rotatable bonds is 7. The highest BCUT2D eigenvalue weighted by Gasteiger charge is 2.04. The number of hydrogen-bond donors (Lipinski definition) is 2. The summed E-state index contributed by atoms with van der Waals surface area (Å²) in [5, 5.41) is 12.0. The Morgan fingerprint density at radius 3 is 2.76 bits per heavy atom.